The molecule has 2 aromatic heterocycles. The van der Waals surface area contributed by atoms with Crippen molar-refractivity contribution in [3.8, 4) is 5.82 Å². The highest BCUT2D eigenvalue weighted by Crippen LogP contribution is 2.26. The molecule has 0 aliphatic heterocycles. The predicted octanol–water partition coefficient (Wildman–Crippen LogP) is 5.29. The number of benzene rings is 2. The van der Waals surface area contributed by atoms with Crippen LogP contribution in [0, 0.1) is 0 Å². The molecule has 0 saturated carbocycles. The molecule has 4 rings (SSSR count). The summed E-state index contributed by atoms with van der Waals surface area (Å²) >= 11 is 3.34. The van der Waals surface area contributed by atoms with E-state index in [1.165, 1.54) is 0 Å². The van der Waals surface area contributed by atoms with Gasteiger partial charge in [-0.25, -0.2) is 18.7 Å². The van der Waals surface area contributed by atoms with Crippen LogP contribution < -0.4 is 4.57 Å². The van der Waals surface area contributed by atoms with Crippen molar-refractivity contribution in [3.05, 3.63) is 71.7 Å². The molecule has 1 atom stereocenters. The molecule has 0 amide bonds. The SMILES string of the molecule is CCCCC[n+]1ccn(-c2nc3ccccc3nc2N=S(=O)(O)c2ccc(Br)cc2)c1. The lowest BCUT2D eigenvalue weighted by molar-refractivity contribution is -0.696. The van der Waals surface area contributed by atoms with Gasteiger partial charge in [0.2, 0.25) is 12.1 Å². The van der Waals surface area contributed by atoms with Gasteiger partial charge in [-0.05, 0) is 49.2 Å². The van der Waals surface area contributed by atoms with Gasteiger partial charge in [0.15, 0.2) is 10.0 Å². The minimum atomic E-state index is -3.71. The fourth-order valence-electron chi connectivity index (χ4n) is 3.19. The first-order chi connectivity index (χ1) is 15.0. The van der Waals surface area contributed by atoms with E-state index in [0.29, 0.717) is 16.9 Å². The number of para-hydroxylation sites is 2. The fourth-order valence-corrected chi connectivity index (χ4v) is 4.41. The zero-order chi connectivity index (χ0) is 21.8. The third-order valence-electron chi connectivity index (χ3n) is 4.82. The van der Waals surface area contributed by atoms with Crippen LogP contribution in [0.4, 0.5) is 5.82 Å². The summed E-state index contributed by atoms with van der Waals surface area (Å²) in [5.74, 6) is 0.525. The smallest absolute Gasteiger partial charge is 0.272 e. The van der Waals surface area contributed by atoms with Crippen molar-refractivity contribution in [3.63, 3.8) is 0 Å². The second kappa shape index (κ2) is 9.25. The average Bonchev–Trinajstić information content (AvgIpc) is 3.22. The average molecular weight is 501 g/mol. The van der Waals surface area contributed by atoms with Gasteiger partial charge in [-0.3, -0.25) is 4.55 Å². The number of hydrogen-bond acceptors (Lipinski definition) is 4. The molecule has 0 spiro atoms. The summed E-state index contributed by atoms with van der Waals surface area (Å²) in [6.07, 6.45) is 9.13. The van der Waals surface area contributed by atoms with Gasteiger partial charge >= 0.3 is 0 Å². The van der Waals surface area contributed by atoms with Crippen molar-refractivity contribution in [1.82, 2.24) is 14.5 Å². The highest BCUT2D eigenvalue weighted by Gasteiger charge is 2.19. The number of nitrogens with zero attached hydrogens (tertiary/aromatic N) is 5. The summed E-state index contributed by atoms with van der Waals surface area (Å²) < 4.78 is 32.6. The Kier molecular flexibility index (Phi) is 6.45. The number of aromatic nitrogens is 4. The zero-order valence-corrected chi connectivity index (χ0v) is 19.5. The molecule has 0 radical (unpaired) electrons. The molecule has 9 heteroatoms. The van der Waals surface area contributed by atoms with Crippen molar-refractivity contribution >= 4 is 42.8 Å². The van der Waals surface area contributed by atoms with Crippen molar-refractivity contribution in [2.45, 2.75) is 37.6 Å². The Labute approximate surface area is 189 Å². The highest BCUT2D eigenvalue weighted by atomic mass is 79.9. The summed E-state index contributed by atoms with van der Waals surface area (Å²) in [6, 6.07) is 14.0. The van der Waals surface area contributed by atoms with E-state index in [9.17, 15) is 8.76 Å². The van der Waals surface area contributed by atoms with E-state index >= 15 is 0 Å². The van der Waals surface area contributed by atoms with Gasteiger partial charge in [0.1, 0.15) is 12.4 Å². The Bertz CT molecular complexity index is 1330. The van der Waals surface area contributed by atoms with Crippen molar-refractivity contribution < 1.29 is 13.3 Å². The number of aryl methyl sites for hydroxylation is 1. The van der Waals surface area contributed by atoms with E-state index in [2.05, 4.69) is 36.8 Å². The summed E-state index contributed by atoms with van der Waals surface area (Å²) in [5, 5.41) is 0. The van der Waals surface area contributed by atoms with Crippen LogP contribution in [0.3, 0.4) is 0 Å². The number of imidazole rings is 1. The summed E-state index contributed by atoms with van der Waals surface area (Å²) in [5.41, 5.74) is 1.30. The van der Waals surface area contributed by atoms with Crippen LogP contribution in [-0.2, 0) is 16.6 Å². The van der Waals surface area contributed by atoms with Crippen LogP contribution in [0.5, 0.6) is 0 Å². The molecule has 2 aromatic carbocycles. The van der Waals surface area contributed by atoms with Gasteiger partial charge in [0.25, 0.3) is 5.82 Å². The minimum absolute atomic E-state index is 0.116. The molecular formula is C22H23BrN5O2S+. The van der Waals surface area contributed by atoms with E-state index in [0.717, 1.165) is 30.3 Å². The van der Waals surface area contributed by atoms with E-state index in [1.807, 2.05) is 43.0 Å². The van der Waals surface area contributed by atoms with E-state index in [4.69, 9.17) is 4.98 Å². The molecule has 0 aliphatic carbocycles. The first-order valence-corrected chi connectivity index (χ1v) is 12.3. The van der Waals surface area contributed by atoms with Crippen molar-refractivity contribution in [1.29, 1.82) is 0 Å². The molecule has 2 heterocycles. The lowest BCUT2D eigenvalue weighted by atomic mass is 10.2. The van der Waals surface area contributed by atoms with Crippen LogP contribution in [0.15, 0.2) is 81.0 Å². The largest absolute Gasteiger partial charge is 0.296 e. The molecule has 160 valence electrons. The molecule has 0 aliphatic rings. The predicted molar refractivity (Wildman–Crippen MR) is 124 cm³/mol. The maximum Gasteiger partial charge on any atom is 0.272 e. The second-order valence-corrected chi connectivity index (χ2v) is 9.73. The molecule has 0 saturated heterocycles. The number of unbranched alkanes of at least 4 members (excludes halogenated alkanes) is 2. The molecule has 7 nitrogen and oxygen atoms in total. The number of halogens is 1. The lowest BCUT2D eigenvalue weighted by Crippen LogP contribution is -2.30. The van der Waals surface area contributed by atoms with Gasteiger partial charge in [-0.2, -0.15) is 4.57 Å². The normalized spacial score (nSPS) is 13.3. The molecule has 31 heavy (non-hydrogen) atoms. The van der Waals surface area contributed by atoms with Crippen LogP contribution in [0.25, 0.3) is 16.9 Å². The lowest BCUT2D eigenvalue weighted by Gasteiger charge is -2.06. The van der Waals surface area contributed by atoms with Gasteiger partial charge in [0, 0.05) is 4.47 Å². The van der Waals surface area contributed by atoms with Crippen LogP contribution in [-0.4, -0.2) is 23.3 Å². The summed E-state index contributed by atoms with van der Waals surface area (Å²) in [4.78, 5) is 9.46. The maximum absolute atomic E-state index is 13.1. The zero-order valence-electron chi connectivity index (χ0n) is 17.1. The van der Waals surface area contributed by atoms with Gasteiger partial charge in [-0.15, -0.1) is 4.36 Å². The Hall–Kier alpha value is -2.62. The molecule has 1 N–H and O–H groups in total. The molecule has 1 unspecified atom stereocenters. The highest BCUT2D eigenvalue weighted by molar-refractivity contribution is 9.10. The summed E-state index contributed by atoms with van der Waals surface area (Å²) in [7, 11) is -3.71. The number of rotatable bonds is 7. The number of fused-ring (bicyclic) bond motifs is 1. The molecule has 0 bridgehead atoms. The molecule has 0 fully saturated rings. The van der Waals surface area contributed by atoms with E-state index < -0.39 is 10.0 Å². The third-order valence-corrected chi connectivity index (χ3v) is 6.66. The topological polar surface area (TPSA) is 84.3 Å². The molecule has 4 aromatic rings. The third kappa shape index (κ3) is 5.00. The van der Waals surface area contributed by atoms with Crippen LogP contribution >= 0.6 is 15.9 Å². The van der Waals surface area contributed by atoms with Gasteiger partial charge < -0.3 is 0 Å². The first-order valence-electron chi connectivity index (χ1n) is 10.1. The standard InChI is InChI=1S/C22H22BrN5O2S/c1-2-3-6-13-27-14-15-28(16-27)22-21(24-19-7-4-5-8-20(19)25-22)26-31(29,30)18-11-9-17(23)10-12-18/h4-5,7-12,14-16H,2-3,6,13H2,1H3/p+1. The minimum Gasteiger partial charge on any atom is -0.296 e. The fraction of sp³-hybridized carbons (Fsp3) is 0.227. The van der Waals surface area contributed by atoms with Crippen molar-refractivity contribution in [2.24, 2.45) is 4.36 Å². The van der Waals surface area contributed by atoms with Crippen LogP contribution in [0.1, 0.15) is 26.2 Å². The van der Waals surface area contributed by atoms with Crippen molar-refractivity contribution in [2.75, 3.05) is 0 Å². The maximum atomic E-state index is 13.1. The van der Waals surface area contributed by atoms with Gasteiger partial charge in [-0.1, -0.05) is 41.4 Å². The monoisotopic (exact) mass is 500 g/mol. The Morgan fingerprint density at radius 2 is 1.81 bits per heavy atom. The van der Waals surface area contributed by atoms with Gasteiger partial charge in [0.05, 0.1) is 22.5 Å². The number of hydrogen-bond donors (Lipinski definition) is 1. The Morgan fingerprint density at radius 3 is 2.52 bits per heavy atom. The van der Waals surface area contributed by atoms with E-state index in [1.54, 1.807) is 28.8 Å². The summed E-state index contributed by atoms with van der Waals surface area (Å²) in [6.45, 7) is 3.07. The van der Waals surface area contributed by atoms with E-state index in [-0.39, 0.29) is 10.7 Å². The Balaban J connectivity index is 1.82. The Morgan fingerprint density at radius 1 is 1.10 bits per heavy atom. The van der Waals surface area contributed by atoms with Crippen LogP contribution in [0.2, 0.25) is 0 Å². The quantitative estimate of drug-likeness (QED) is 0.276. The first kappa shape index (κ1) is 21.6. The molecular weight excluding hydrogens is 478 g/mol. The second-order valence-electron chi connectivity index (χ2n) is 7.17.